The Morgan fingerprint density at radius 1 is 1.00 bits per heavy atom. The van der Waals surface area contributed by atoms with Gasteiger partial charge < -0.3 is 4.74 Å². The van der Waals surface area contributed by atoms with Crippen molar-refractivity contribution in [1.29, 1.82) is 0 Å². The number of pyridine rings is 1. The highest BCUT2D eigenvalue weighted by Gasteiger charge is 2.14. The molecule has 0 unspecified atom stereocenters. The number of benzene rings is 2. The minimum Gasteiger partial charge on any atom is -0.473 e. The lowest BCUT2D eigenvalue weighted by molar-refractivity contribution is 0.293. The molecule has 0 saturated carbocycles. The smallest absolute Gasteiger partial charge is 0.368 e. The van der Waals surface area contributed by atoms with Crippen LogP contribution in [0.3, 0.4) is 0 Å². The topological polar surface area (TPSA) is 74.8 Å². The zero-order valence-corrected chi connectivity index (χ0v) is 17.5. The van der Waals surface area contributed by atoms with E-state index in [4.69, 9.17) is 4.74 Å². The third-order valence-corrected chi connectivity index (χ3v) is 5.09. The number of hydrogen-bond donors (Lipinski definition) is 0. The Morgan fingerprint density at radius 2 is 1.76 bits per heavy atom. The van der Waals surface area contributed by atoms with Crippen molar-refractivity contribution in [2.24, 2.45) is 7.05 Å². The minimum absolute atomic E-state index is 0.252. The maximum Gasteiger partial charge on any atom is 0.368 e. The molecule has 146 valence electrons. The Bertz CT molecular complexity index is 1210. The van der Waals surface area contributed by atoms with Crippen LogP contribution >= 0.6 is 15.9 Å². The summed E-state index contributed by atoms with van der Waals surface area (Å²) in [4.78, 5) is 16.9. The van der Waals surface area contributed by atoms with Crippen molar-refractivity contribution in [3.63, 3.8) is 0 Å². The van der Waals surface area contributed by atoms with Crippen LogP contribution in [0.4, 0.5) is 0 Å². The third-order valence-electron chi connectivity index (χ3n) is 4.56. The summed E-state index contributed by atoms with van der Waals surface area (Å²) in [5.74, 6) is 0.506. The van der Waals surface area contributed by atoms with Crippen molar-refractivity contribution in [1.82, 2.24) is 24.8 Å². The molecule has 0 amide bonds. The molecule has 0 fully saturated rings. The second kappa shape index (κ2) is 8.00. The molecule has 0 radical (unpaired) electrons. The normalized spacial score (nSPS) is 10.9. The van der Waals surface area contributed by atoms with Crippen LogP contribution in [0.1, 0.15) is 11.1 Å². The monoisotopic (exact) mass is 451 g/mol. The van der Waals surface area contributed by atoms with Gasteiger partial charge in [0.25, 0.3) is 0 Å². The van der Waals surface area contributed by atoms with Crippen molar-refractivity contribution in [3.05, 3.63) is 86.7 Å². The molecule has 2 heterocycles. The molecular weight excluding hydrogens is 434 g/mol. The van der Waals surface area contributed by atoms with E-state index in [-0.39, 0.29) is 12.3 Å². The van der Waals surface area contributed by atoms with Crippen molar-refractivity contribution in [2.75, 3.05) is 0 Å². The van der Waals surface area contributed by atoms with Gasteiger partial charge in [-0.25, -0.2) is 9.78 Å². The Labute approximate surface area is 175 Å². The van der Waals surface area contributed by atoms with E-state index < -0.39 is 0 Å². The Kier molecular flexibility index (Phi) is 5.26. The fraction of sp³-hybridized carbons (Fsp3) is 0.143. The average molecular weight is 452 g/mol. The van der Waals surface area contributed by atoms with Crippen LogP contribution in [0.25, 0.3) is 16.9 Å². The van der Waals surface area contributed by atoms with E-state index in [0.717, 1.165) is 26.9 Å². The van der Waals surface area contributed by atoms with E-state index in [0.29, 0.717) is 11.6 Å². The summed E-state index contributed by atoms with van der Waals surface area (Å²) < 4.78 is 9.46. The van der Waals surface area contributed by atoms with Gasteiger partial charge in [-0.3, -0.25) is 0 Å². The summed E-state index contributed by atoms with van der Waals surface area (Å²) in [5.41, 5.74) is 4.00. The second-order valence-electron chi connectivity index (χ2n) is 6.53. The van der Waals surface area contributed by atoms with Crippen LogP contribution in [0.5, 0.6) is 5.88 Å². The van der Waals surface area contributed by atoms with Gasteiger partial charge in [0.1, 0.15) is 6.61 Å². The van der Waals surface area contributed by atoms with Crippen molar-refractivity contribution in [2.45, 2.75) is 13.5 Å². The molecule has 4 aromatic rings. The average Bonchev–Trinajstić information content (AvgIpc) is 3.06. The molecule has 0 aliphatic carbocycles. The molecule has 0 N–H and O–H groups in total. The molecular formula is C21H18BrN5O2. The number of rotatable bonds is 5. The van der Waals surface area contributed by atoms with E-state index in [1.165, 1.54) is 9.36 Å². The van der Waals surface area contributed by atoms with Crippen LogP contribution < -0.4 is 10.4 Å². The fourth-order valence-corrected chi connectivity index (χ4v) is 3.22. The maximum absolute atomic E-state index is 12.3. The maximum atomic E-state index is 12.3. The van der Waals surface area contributed by atoms with Gasteiger partial charge >= 0.3 is 5.69 Å². The first kappa shape index (κ1) is 19.1. The SMILES string of the molecule is Cc1cccc(-n2nnn(C)c2=O)c1COc1cccc(-c2ccc(Br)cc2)n1. The molecule has 0 spiro atoms. The van der Waals surface area contributed by atoms with Crippen LogP contribution in [-0.2, 0) is 13.7 Å². The van der Waals surface area contributed by atoms with E-state index in [1.807, 2.05) is 67.6 Å². The van der Waals surface area contributed by atoms with Gasteiger partial charge in [0.15, 0.2) is 0 Å². The lowest BCUT2D eigenvalue weighted by Crippen LogP contribution is -2.23. The summed E-state index contributed by atoms with van der Waals surface area (Å²) in [6.07, 6.45) is 0. The zero-order valence-electron chi connectivity index (χ0n) is 15.9. The van der Waals surface area contributed by atoms with Gasteiger partial charge in [-0.1, -0.05) is 46.3 Å². The van der Waals surface area contributed by atoms with E-state index in [1.54, 1.807) is 7.05 Å². The zero-order chi connectivity index (χ0) is 20.4. The molecule has 0 atom stereocenters. The molecule has 0 saturated heterocycles. The summed E-state index contributed by atoms with van der Waals surface area (Å²) >= 11 is 3.44. The van der Waals surface area contributed by atoms with Gasteiger partial charge in [-0.15, -0.1) is 0 Å². The summed E-state index contributed by atoms with van der Waals surface area (Å²) in [5, 5.41) is 7.74. The first-order valence-corrected chi connectivity index (χ1v) is 9.76. The van der Waals surface area contributed by atoms with Crippen LogP contribution in [0, 0.1) is 6.92 Å². The minimum atomic E-state index is -0.313. The number of hydrogen-bond acceptors (Lipinski definition) is 5. The Morgan fingerprint density at radius 3 is 2.48 bits per heavy atom. The number of nitrogens with zero attached hydrogens (tertiary/aromatic N) is 5. The molecule has 0 aliphatic heterocycles. The number of ether oxygens (including phenoxy) is 1. The standard InChI is InChI=1S/C21H18BrN5O2/c1-14-5-3-7-19(27-21(28)26(2)24-25-27)17(14)13-29-20-8-4-6-18(23-20)15-9-11-16(22)12-10-15/h3-12H,13H2,1-2H3. The summed E-state index contributed by atoms with van der Waals surface area (Å²) in [7, 11) is 1.56. The van der Waals surface area contributed by atoms with Gasteiger partial charge in [0.05, 0.1) is 11.4 Å². The predicted octanol–water partition coefficient (Wildman–Crippen LogP) is 3.68. The lowest BCUT2D eigenvalue weighted by Gasteiger charge is -2.13. The molecule has 7 nitrogen and oxygen atoms in total. The number of halogens is 1. The van der Waals surface area contributed by atoms with E-state index in [2.05, 4.69) is 31.3 Å². The second-order valence-corrected chi connectivity index (χ2v) is 7.44. The van der Waals surface area contributed by atoms with Crippen molar-refractivity contribution < 1.29 is 4.74 Å². The Hall–Kier alpha value is -3.26. The highest BCUT2D eigenvalue weighted by molar-refractivity contribution is 9.10. The van der Waals surface area contributed by atoms with Gasteiger partial charge in [0, 0.05) is 28.7 Å². The first-order valence-electron chi connectivity index (χ1n) is 8.96. The molecule has 0 aliphatic rings. The van der Waals surface area contributed by atoms with E-state index >= 15 is 0 Å². The van der Waals surface area contributed by atoms with Crippen LogP contribution in [0.2, 0.25) is 0 Å². The van der Waals surface area contributed by atoms with E-state index in [9.17, 15) is 4.79 Å². The summed E-state index contributed by atoms with van der Waals surface area (Å²) in [6.45, 7) is 2.22. The molecule has 8 heteroatoms. The lowest BCUT2D eigenvalue weighted by atomic mass is 10.1. The highest BCUT2D eigenvalue weighted by Crippen LogP contribution is 2.23. The molecule has 2 aromatic carbocycles. The number of tetrazole rings is 1. The Balaban J connectivity index is 1.62. The van der Waals surface area contributed by atoms with Crippen LogP contribution in [-0.4, -0.2) is 24.8 Å². The predicted molar refractivity (Wildman–Crippen MR) is 113 cm³/mol. The number of aryl methyl sites for hydroxylation is 2. The molecule has 2 aromatic heterocycles. The largest absolute Gasteiger partial charge is 0.473 e. The molecule has 29 heavy (non-hydrogen) atoms. The first-order chi connectivity index (χ1) is 14.0. The van der Waals surface area contributed by atoms with Gasteiger partial charge in [-0.2, -0.15) is 9.36 Å². The van der Waals surface area contributed by atoms with Gasteiger partial charge in [0.2, 0.25) is 5.88 Å². The molecule has 0 bridgehead atoms. The van der Waals surface area contributed by atoms with Crippen LogP contribution in [0.15, 0.2) is 69.9 Å². The molecule has 4 rings (SSSR count). The third kappa shape index (κ3) is 3.97. The summed E-state index contributed by atoms with van der Waals surface area (Å²) in [6, 6.07) is 19.3. The highest BCUT2D eigenvalue weighted by atomic mass is 79.9. The quantitative estimate of drug-likeness (QED) is 0.462. The van der Waals surface area contributed by atoms with Crippen molar-refractivity contribution in [3.8, 4) is 22.8 Å². The van der Waals surface area contributed by atoms with Crippen molar-refractivity contribution >= 4 is 15.9 Å². The fourth-order valence-electron chi connectivity index (χ4n) is 2.96. The number of aromatic nitrogens is 5. The van der Waals surface area contributed by atoms with Gasteiger partial charge in [-0.05, 0) is 47.2 Å².